The molecule has 1 saturated carbocycles. The lowest BCUT2D eigenvalue weighted by Gasteiger charge is -2.22. The van der Waals surface area contributed by atoms with Crippen molar-refractivity contribution in [2.24, 2.45) is 0 Å². The molecule has 1 fully saturated rings. The number of sulfonamides is 1. The number of rotatable bonds is 4. The Hall–Kier alpha value is -1.54. The first-order valence-electron chi connectivity index (χ1n) is 6.36. The number of nitrogens with zero attached hydrogens (tertiary/aromatic N) is 1. The highest BCUT2D eigenvalue weighted by Crippen LogP contribution is 2.23. The Morgan fingerprint density at radius 1 is 1.25 bits per heavy atom. The molecule has 1 aromatic rings. The zero-order valence-corrected chi connectivity index (χ0v) is 11.5. The number of hydrogen-bond acceptors (Lipinski definition) is 4. The second-order valence-electron chi connectivity index (χ2n) is 4.83. The van der Waals surface area contributed by atoms with E-state index in [1.54, 1.807) is 0 Å². The van der Waals surface area contributed by atoms with Crippen LogP contribution in [0.15, 0.2) is 23.1 Å². The van der Waals surface area contributed by atoms with E-state index in [9.17, 15) is 22.9 Å². The number of nitro benzene ring substituents is 1. The maximum Gasteiger partial charge on any atom is 0.306 e. The smallest absolute Gasteiger partial charge is 0.258 e. The van der Waals surface area contributed by atoms with Crippen LogP contribution in [0.1, 0.15) is 32.1 Å². The topological polar surface area (TPSA) is 89.3 Å². The van der Waals surface area contributed by atoms with Crippen LogP contribution in [0.5, 0.6) is 0 Å². The van der Waals surface area contributed by atoms with Crippen molar-refractivity contribution in [3.05, 3.63) is 34.1 Å². The van der Waals surface area contributed by atoms with Gasteiger partial charge in [0.1, 0.15) is 0 Å². The summed E-state index contributed by atoms with van der Waals surface area (Å²) in [4.78, 5) is 9.42. The van der Waals surface area contributed by atoms with E-state index in [1.807, 2.05) is 0 Å². The highest BCUT2D eigenvalue weighted by atomic mass is 32.2. The first-order valence-corrected chi connectivity index (χ1v) is 7.85. The predicted octanol–water partition coefficient (Wildman–Crippen LogP) is 2.34. The molecule has 8 heteroatoms. The molecule has 0 aliphatic heterocycles. The molecule has 1 aromatic carbocycles. The van der Waals surface area contributed by atoms with Crippen LogP contribution in [-0.4, -0.2) is 19.4 Å². The van der Waals surface area contributed by atoms with Gasteiger partial charge >= 0.3 is 5.69 Å². The highest BCUT2D eigenvalue weighted by molar-refractivity contribution is 7.89. The fraction of sp³-hybridized carbons (Fsp3) is 0.500. The van der Waals surface area contributed by atoms with Gasteiger partial charge in [-0.3, -0.25) is 10.1 Å². The standard InChI is InChI=1S/C12H15FN2O4S/c13-11-7-6-10(8-12(11)15(16)17)20(18,19)14-9-4-2-1-3-5-9/h6-9,14H,1-5H2. The molecule has 1 N–H and O–H groups in total. The second-order valence-corrected chi connectivity index (χ2v) is 6.54. The summed E-state index contributed by atoms with van der Waals surface area (Å²) < 4.78 is 40.0. The zero-order chi connectivity index (χ0) is 14.8. The molecule has 0 atom stereocenters. The van der Waals surface area contributed by atoms with E-state index in [0.29, 0.717) is 0 Å². The van der Waals surface area contributed by atoms with Crippen molar-refractivity contribution in [3.8, 4) is 0 Å². The van der Waals surface area contributed by atoms with Gasteiger partial charge in [0.15, 0.2) is 0 Å². The van der Waals surface area contributed by atoms with Crippen LogP contribution in [0.3, 0.4) is 0 Å². The Morgan fingerprint density at radius 2 is 1.90 bits per heavy atom. The Morgan fingerprint density at radius 3 is 2.50 bits per heavy atom. The number of nitrogens with one attached hydrogen (secondary N) is 1. The van der Waals surface area contributed by atoms with Gasteiger partial charge in [0.2, 0.25) is 15.8 Å². The minimum Gasteiger partial charge on any atom is -0.258 e. The summed E-state index contributed by atoms with van der Waals surface area (Å²) in [5, 5.41) is 10.6. The normalized spacial score (nSPS) is 17.1. The van der Waals surface area contributed by atoms with Crippen LogP contribution in [-0.2, 0) is 10.0 Å². The van der Waals surface area contributed by atoms with Crippen molar-refractivity contribution in [3.63, 3.8) is 0 Å². The summed E-state index contributed by atoms with van der Waals surface area (Å²) in [6, 6.07) is 2.43. The van der Waals surface area contributed by atoms with Gasteiger partial charge < -0.3 is 0 Å². The van der Waals surface area contributed by atoms with Crippen LogP contribution in [0.2, 0.25) is 0 Å². The molecule has 0 heterocycles. The van der Waals surface area contributed by atoms with Gasteiger partial charge in [-0.1, -0.05) is 19.3 Å². The molecule has 0 spiro atoms. The first kappa shape index (κ1) is 14.9. The molecule has 0 aromatic heterocycles. The molecule has 110 valence electrons. The van der Waals surface area contributed by atoms with Crippen LogP contribution >= 0.6 is 0 Å². The third kappa shape index (κ3) is 3.31. The van der Waals surface area contributed by atoms with E-state index >= 15 is 0 Å². The van der Waals surface area contributed by atoms with Crippen LogP contribution < -0.4 is 4.72 Å². The van der Waals surface area contributed by atoms with Crippen molar-refractivity contribution in [1.29, 1.82) is 0 Å². The van der Waals surface area contributed by atoms with Gasteiger partial charge in [0.05, 0.1) is 9.82 Å². The maximum atomic E-state index is 13.2. The van der Waals surface area contributed by atoms with Crippen LogP contribution in [0.25, 0.3) is 0 Å². The van der Waals surface area contributed by atoms with Gasteiger partial charge in [-0.25, -0.2) is 13.1 Å². The van der Waals surface area contributed by atoms with E-state index in [2.05, 4.69) is 4.72 Å². The number of benzene rings is 1. The summed E-state index contributed by atoms with van der Waals surface area (Å²) >= 11 is 0. The molecule has 0 bridgehead atoms. The monoisotopic (exact) mass is 302 g/mol. The van der Waals surface area contributed by atoms with Gasteiger partial charge in [-0.15, -0.1) is 0 Å². The predicted molar refractivity (Wildman–Crippen MR) is 70.2 cm³/mol. The average Bonchev–Trinajstić information content (AvgIpc) is 2.39. The highest BCUT2D eigenvalue weighted by Gasteiger charge is 2.25. The first-order chi connectivity index (χ1) is 9.40. The molecule has 1 aliphatic rings. The molecule has 1 aliphatic carbocycles. The summed E-state index contributed by atoms with van der Waals surface area (Å²) in [7, 11) is -3.85. The number of nitro groups is 1. The summed E-state index contributed by atoms with van der Waals surface area (Å²) in [5.74, 6) is -1.05. The SMILES string of the molecule is O=[N+]([O-])c1cc(S(=O)(=O)NC2CCCCC2)ccc1F. The molecule has 0 radical (unpaired) electrons. The molecule has 0 amide bonds. The van der Waals surface area contributed by atoms with Crippen molar-refractivity contribution in [2.75, 3.05) is 0 Å². The van der Waals surface area contributed by atoms with E-state index in [0.717, 1.165) is 50.3 Å². The maximum absolute atomic E-state index is 13.2. The van der Waals surface area contributed by atoms with E-state index in [-0.39, 0.29) is 10.9 Å². The fourth-order valence-corrected chi connectivity index (χ4v) is 3.63. The quantitative estimate of drug-likeness (QED) is 0.683. The third-order valence-electron chi connectivity index (χ3n) is 3.35. The molecule has 0 unspecified atom stereocenters. The van der Waals surface area contributed by atoms with Gasteiger partial charge in [-0.05, 0) is 25.0 Å². The minimum absolute atomic E-state index is 0.155. The lowest BCUT2D eigenvalue weighted by molar-refractivity contribution is -0.387. The van der Waals surface area contributed by atoms with Crippen molar-refractivity contribution >= 4 is 15.7 Å². The number of hydrogen-bond donors (Lipinski definition) is 1. The molecule has 6 nitrogen and oxygen atoms in total. The molecule has 0 saturated heterocycles. The zero-order valence-electron chi connectivity index (χ0n) is 10.7. The van der Waals surface area contributed by atoms with E-state index in [1.165, 1.54) is 0 Å². The lowest BCUT2D eigenvalue weighted by atomic mass is 9.96. The fourth-order valence-electron chi connectivity index (χ4n) is 2.31. The van der Waals surface area contributed by atoms with Crippen molar-refractivity contribution < 1.29 is 17.7 Å². The molecular weight excluding hydrogens is 287 g/mol. The minimum atomic E-state index is -3.85. The Kier molecular flexibility index (Phi) is 4.34. The van der Waals surface area contributed by atoms with Gasteiger partial charge in [0, 0.05) is 12.1 Å². The Bertz CT molecular complexity index is 612. The number of halogens is 1. The van der Waals surface area contributed by atoms with Crippen LogP contribution in [0, 0.1) is 15.9 Å². The second kappa shape index (κ2) is 5.84. The third-order valence-corrected chi connectivity index (χ3v) is 4.87. The Balaban J connectivity index is 2.24. The van der Waals surface area contributed by atoms with Crippen LogP contribution in [0.4, 0.5) is 10.1 Å². The average molecular weight is 302 g/mol. The van der Waals surface area contributed by atoms with Gasteiger partial charge in [0.25, 0.3) is 0 Å². The molecule has 20 heavy (non-hydrogen) atoms. The largest absolute Gasteiger partial charge is 0.306 e. The molecular formula is C12H15FN2O4S. The summed E-state index contributed by atoms with van der Waals surface area (Å²) in [6.07, 6.45) is 4.50. The van der Waals surface area contributed by atoms with Gasteiger partial charge in [-0.2, -0.15) is 4.39 Å². The Labute approximate surface area is 116 Å². The van der Waals surface area contributed by atoms with Crippen molar-refractivity contribution in [2.45, 2.75) is 43.0 Å². The van der Waals surface area contributed by atoms with Crippen molar-refractivity contribution in [1.82, 2.24) is 4.72 Å². The van der Waals surface area contributed by atoms with E-state index < -0.39 is 26.5 Å². The molecule has 2 rings (SSSR count). The summed E-state index contributed by atoms with van der Waals surface area (Å²) in [6.45, 7) is 0. The lowest BCUT2D eigenvalue weighted by Crippen LogP contribution is -2.36. The van der Waals surface area contributed by atoms with E-state index in [4.69, 9.17) is 0 Å². The summed E-state index contributed by atoms with van der Waals surface area (Å²) in [5.41, 5.74) is -0.837.